The SMILES string of the molecule is COc1nc(-c2cc(O[C@H](C)[C@H]3CNC(=O)C3)c3scnc3c2)ccc1N1CCN(S(C)(=O)=O)CC1. The first-order chi connectivity index (χ1) is 17.2. The smallest absolute Gasteiger partial charge is 0.237 e. The second-order valence-corrected chi connectivity index (χ2v) is 12.0. The molecule has 0 spiro atoms. The zero-order chi connectivity index (χ0) is 25.4. The number of benzene rings is 1. The molecule has 10 nitrogen and oxygen atoms in total. The van der Waals surface area contributed by atoms with Crippen molar-refractivity contribution in [3.63, 3.8) is 0 Å². The summed E-state index contributed by atoms with van der Waals surface area (Å²) in [5.74, 6) is 1.37. The minimum Gasteiger partial charge on any atom is -0.489 e. The van der Waals surface area contributed by atoms with Gasteiger partial charge in [-0.3, -0.25) is 4.79 Å². The lowest BCUT2D eigenvalue weighted by atomic mass is 10.0. The maximum atomic E-state index is 11.8. The van der Waals surface area contributed by atoms with Crippen molar-refractivity contribution in [2.24, 2.45) is 5.92 Å². The molecule has 5 rings (SSSR count). The number of pyridine rings is 1. The van der Waals surface area contributed by atoms with E-state index in [0.717, 1.165) is 32.9 Å². The summed E-state index contributed by atoms with van der Waals surface area (Å²) < 4.78 is 38.1. The molecule has 1 amide bonds. The third kappa shape index (κ3) is 4.97. The Kier molecular flexibility index (Phi) is 6.75. The Bertz CT molecular complexity index is 1380. The maximum absolute atomic E-state index is 11.8. The van der Waals surface area contributed by atoms with Gasteiger partial charge in [-0.2, -0.15) is 4.31 Å². The molecule has 2 saturated heterocycles. The summed E-state index contributed by atoms with van der Waals surface area (Å²) in [6.07, 6.45) is 1.56. The Hall–Kier alpha value is -2.96. The number of amides is 1. The zero-order valence-electron chi connectivity index (χ0n) is 20.4. The normalized spacial score (nSPS) is 19.9. The minimum atomic E-state index is -3.20. The Labute approximate surface area is 214 Å². The number of aromatic nitrogens is 2. The number of carbonyl (C=O) groups excluding carboxylic acids is 1. The number of ether oxygens (including phenoxy) is 2. The molecule has 12 heteroatoms. The number of nitrogens with zero attached hydrogens (tertiary/aromatic N) is 4. The Morgan fingerprint density at radius 2 is 1.97 bits per heavy atom. The number of fused-ring (bicyclic) bond motifs is 1. The summed E-state index contributed by atoms with van der Waals surface area (Å²) in [4.78, 5) is 23.0. The summed E-state index contributed by atoms with van der Waals surface area (Å²) in [7, 11) is -1.62. The highest BCUT2D eigenvalue weighted by molar-refractivity contribution is 7.88. The predicted octanol–water partition coefficient (Wildman–Crippen LogP) is 2.35. The van der Waals surface area contributed by atoms with E-state index < -0.39 is 10.0 Å². The summed E-state index contributed by atoms with van der Waals surface area (Å²) >= 11 is 1.52. The van der Waals surface area contributed by atoms with Crippen molar-refractivity contribution in [3.8, 4) is 22.9 Å². The average Bonchev–Trinajstić information content (AvgIpc) is 3.52. The average molecular weight is 532 g/mol. The quantitative estimate of drug-likeness (QED) is 0.494. The number of rotatable bonds is 7. The van der Waals surface area contributed by atoms with E-state index in [9.17, 15) is 13.2 Å². The van der Waals surface area contributed by atoms with Gasteiger partial charge in [-0.25, -0.2) is 18.4 Å². The number of anilines is 1. The zero-order valence-corrected chi connectivity index (χ0v) is 22.1. The van der Waals surface area contributed by atoms with Crippen molar-refractivity contribution in [1.29, 1.82) is 0 Å². The van der Waals surface area contributed by atoms with E-state index in [0.29, 0.717) is 45.0 Å². The Morgan fingerprint density at radius 1 is 1.19 bits per heavy atom. The minimum absolute atomic E-state index is 0.0567. The maximum Gasteiger partial charge on any atom is 0.237 e. The molecule has 2 aromatic heterocycles. The number of piperazine rings is 1. The van der Waals surface area contributed by atoms with Crippen molar-refractivity contribution in [2.75, 3.05) is 51.0 Å². The van der Waals surface area contributed by atoms with Gasteiger partial charge >= 0.3 is 0 Å². The first kappa shape index (κ1) is 24.7. The lowest BCUT2D eigenvalue weighted by Gasteiger charge is -2.35. The van der Waals surface area contributed by atoms with E-state index in [2.05, 4.69) is 15.2 Å². The molecule has 0 aliphatic carbocycles. The van der Waals surface area contributed by atoms with Crippen LogP contribution < -0.4 is 19.7 Å². The van der Waals surface area contributed by atoms with Crippen molar-refractivity contribution in [3.05, 3.63) is 29.8 Å². The lowest BCUT2D eigenvalue weighted by molar-refractivity contribution is -0.119. The highest BCUT2D eigenvalue weighted by atomic mass is 32.2. The van der Waals surface area contributed by atoms with Crippen LogP contribution in [-0.4, -0.2) is 80.8 Å². The highest BCUT2D eigenvalue weighted by Gasteiger charge is 2.29. The summed E-state index contributed by atoms with van der Waals surface area (Å²) in [6.45, 7) is 4.57. The van der Waals surface area contributed by atoms with Gasteiger partial charge in [-0.15, -0.1) is 11.3 Å². The van der Waals surface area contributed by atoms with Gasteiger partial charge in [0.25, 0.3) is 0 Å². The first-order valence-corrected chi connectivity index (χ1v) is 14.5. The summed E-state index contributed by atoms with van der Waals surface area (Å²) in [5, 5.41) is 2.87. The third-order valence-corrected chi connectivity index (χ3v) is 8.92. The van der Waals surface area contributed by atoms with E-state index in [-0.39, 0.29) is 17.9 Å². The molecule has 0 unspecified atom stereocenters. The van der Waals surface area contributed by atoms with Gasteiger partial charge in [-0.05, 0) is 31.2 Å². The van der Waals surface area contributed by atoms with Gasteiger partial charge in [0.15, 0.2) is 0 Å². The molecule has 1 N–H and O–H groups in total. The van der Waals surface area contributed by atoms with Crippen LogP contribution in [0, 0.1) is 5.92 Å². The molecule has 192 valence electrons. The van der Waals surface area contributed by atoms with Crippen LogP contribution in [-0.2, 0) is 14.8 Å². The molecule has 2 atom stereocenters. The largest absolute Gasteiger partial charge is 0.489 e. The second kappa shape index (κ2) is 9.83. The van der Waals surface area contributed by atoms with Crippen LogP contribution in [0.1, 0.15) is 13.3 Å². The van der Waals surface area contributed by atoms with E-state index >= 15 is 0 Å². The molecule has 4 heterocycles. The molecule has 3 aromatic rings. The molecular weight excluding hydrogens is 502 g/mol. The number of nitrogens with one attached hydrogen (secondary N) is 1. The Balaban J connectivity index is 1.41. The van der Waals surface area contributed by atoms with Gasteiger partial charge in [0.2, 0.25) is 21.8 Å². The Morgan fingerprint density at radius 3 is 2.64 bits per heavy atom. The van der Waals surface area contributed by atoms with Crippen LogP contribution in [0.3, 0.4) is 0 Å². The third-order valence-electron chi connectivity index (χ3n) is 6.76. The first-order valence-electron chi connectivity index (χ1n) is 11.8. The van der Waals surface area contributed by atoms with Crippen LogP contribution in [0.15, 0.2) is 29.8 Å². The number of hydrogen-bond donors (Lipinski definition) is 1. The van der Waals surface area contributed by atoms with Crippen molar-refractivity contribution >= 4 is 43.2 Å². The van der Waals surface area contributed by atoms with Gasteiger partial charge in [0.1, 0.15) is 11.9 Å². The molecule has 2 aliphatic rings. The van der Waals surface area contributed by atoms with Crippen molar-refractivity contribution in [2.45, 2.75) is 19.4 Å². The number of methoxy groups -OCH3 is 1. The fourth-order valence-corrected chi connectivity index (χ4v) is 6.23. The van der Waals surface area contributed by atoms with E-state index in [1.165, 1.54) is 21.9 Å². The number of hydrogen-bond acceptors (Lipinski definition) is 9. The number of thiazole rings is 1. The number of carbonyl (C=O) groups is 1. The molecule has 2 aliphatic heterocycles. The number of sulfonamides is 1. The molecule has 1 aromatic carbocycles. The van der Waals surface area contributed by atoms with Crippen LogP contribution in [0.4, 0.5) is 5.69 Å². The topological polar surface area (TPSA) is 114 Å². The molecular formula is C24H29N5O5S2. The van der Waals surface area contributed by atoms with E-state index in [1.807, 2.05) is 31.2 Å². The van der Waals surface area contributed by atoms with Crippen molar-refractivity contribution < 1.29 is 22.7 Å². The molecule has 0 radical (unpaired) electrons. The van der Waals surface area contributed by atoms with Crippen molar-refractivity contribution in [1.82, 2.24) is 19.6 Å². The fourth-order valence-electron chi connectivity index (χ4n) is 4.67. The van der Waals surface area contributed by atoms with Crippen LogP contribution in [0.2, 0.25) is 0 Å². The lowest BCUT2D eigenvalue weighted by Crippen LogP contribution is -2.48. The highest BCUT2D eigenvalue weighted by Crippen LogP contribution is 2.37. The van der Waals surface area contributed by atoms with E-state index in [4.69, 9.17) is 14.5 Å². The fraction of sp³-hybridized carbons (Fsp3) is 0.458. The van der Waals surface area contributed by atoms with Crippen LogP contribution in [0.25, 0.3) is 21.5 Å². The molecule has 36 heavy (non-hydrogen) atoms. The standard InChI is InChI=1S/C24H29N5O5S2/c1-15(17-12-22(30)25-13-17)34-21-11-16(10-19-23(21)35-14-26-19)18-4-5-20(24(27-18)33-2)28-6-8-29(9-7-28)36(3,31)32/h4-5,10-11,14-15,17H,6-9,12-13H2,1-3H3,(H,25,30)/t15-,17-/m1/s1. The predicted molar refractivity (Wildman–Crippen MR) is 139 cm³/mol. The molecule has 0 bridgehead atoms. The monoisotopic (exact) mass is 531 g/mol. The van der Waals surface area contributed by atoms with Crippen LogP contribution >= 0.6 is 11.3 Å². The summed E-state index contributed by atoms with van der Waals surface area (Å²) in [5.41, 5.74) is 5.01. The second-order valence-electron chi connectivity index (χ2n) is 9.14. The van der Waals surface area contributed by atoms with Crippen LogP contribution in [0.5, 0.6) is 11.6 Å². The van der Waals surface area contributed by atoms with Gasteiger partial charge in [0.05, 0.1) is 40.5 Å². The van der Waals surface area contributed by atoms with E-state index in [1.54, 1.807) is 12.6 Å². The van der Waals surface area contributed by atoms with Gasteiger partial charge < -0.3 is 19.7 Å². The van der Waals surface area contributed by atoms with Gasteiger partial charge in [0, 0.05) is 50.6 Å². The molecule has 0 saturated carbocycles. The summed E-state index contributed by atoms with van der Waals surface area (Å²) in [6, 6.07) is 7.84. The molecule has 2 fully saturated rings. The van der Waals surface area contributed by atoms with Gasteiger partial charge in [-0.1, -0.05) is 0 Å².